The topological polar surface area (TPSA) is 237 Å². The molecule has 0 spiro atoms. The zero-order valence-electron chi connectivity index (χ0n) is 61.3. The average molecular weight is 1380 g/mol. The molecule has 0 rings (SSSR count). The summed E-state index contributed by atoms with van der Waals surface area (Å²) in [5.74, 6) is -0.544. The average Bonchev–Trinajstić information content (AvgIpc) is 1.68. The van der Waals surface area contributed by atoms with Crippen molar-refractivity contribution >= 4 is 39.5 Å². The van der Waals surface area contributed by atoms with E-state index in [1.807, 2.05) is 0 Å². The summed E-state index contributed by atoms with van der Waals surface area (Å²) in [6, 6.07) is 0. The van der Waals surface area contributed by atoms with Crippen molar-refractivity contribution in [3.8, 4) is 0 Å². The van der Waals surface area contributed by atoms with Gasteiger partial charge in [0.15, 0.2) is 12.2 Å². The van der Waals surface area contributed by atoms with E-state index in [0.29, 0.717) is 25.7 Å². The van der Waals surface area contributed by atoms with Crippen molar-refractivity contribution in [2.75, 3.05) is 39.6 Å². The Hall–Kier alpha value is -1.94. The van der Waals surface area contributed by atoms with E-state index in [9.17, 15) is 43.2 Å². The Labute approximate surface area is 575 Å². The molecule has 0 aliphatic heterocycles. The normalized spacial score (nSPS) is 14.3. The molecule has 0 fully saturated rings. The van der Waals surface area contributed by atoms with Crippen LogP contribution >= 0.6 is 15.6 Å². The van der Waals surface area contributed by atoms with Gasteiger partial charge in [-0.15, -0.1) is 0 Å². The van der Waals surface area contributed by atoms with Crippen molar-refractivity contribution < 1.29 is 80.2 Å². The van der Waals surface area contributed by atoms with Crippen molar-refractivity contribution in [3.63, 3.8) is 0 Å². The summed E-state index contributed by atoms with van der Waals surface area (Å²) in [7, 11) is -9.91. The van der Waals surface area contributed by atoms with Crippen molar-refractivity contribution in [1.82, 2.24) is 0 Å². The van der Waals surface area contributed by atoms with E-state index < -0.39 is 97.5 Å². The number of aliphatic hydroxyl groups is 1. The number of rotatable bonds is 74. The molecule has 0 aliphatic carbocycles. The summed E-state index contributed by atoms with van der Waals surface area (Å²) in [6.07, 6.45) is 53.9. The fraction of sp³-hybridized carbons (Fsp3) is 0.947. The summed E-state index contributed by atoms with van der Waals surface area (Å²) < 4.78 is 68.5. The Morgan fingerprint density at radius 2 is 0.543 bits per heavy atom. The zero-order valence-corrected chi connectivity index (χ0v) is 63.1. The van der Waals surface area contributed by atoms with Crippen LogP contribution in [0.2, 0.25) is 0 Å². The summed E-state index contributed by atoms with van der Waals surface area (Å²) in [5, 5.41) is 10.6. The Kier molecular flexibility index (Phi) is 65.5. The molecule has 0 saturated carbocycles. The molecular formula is C75H146O17P2. The maximum Gasteiger partial charge on any atom is 0.472 e. The smallest absolute Gasteiger partial charge is 0.462 e. The summed E-state index contributed by atoms with van der Waals surface area (Å²) in [5.41, 5.74) is 0. The van der Waals surface area contributed by atoms with E-state index in [4.69, 9.17) is 37.0 Å². The minimum absolute atomic E-state index is 0.105. The fourth-order valence-electron chi connectivity index (χ4n) is 11.4. The number of esters is 4. The van der Waals surface area contributed by atoms with Crippen LogP contribution in [-0.2, 0) is 65.4 Å². The maximum absolute atomic E-state index is 13.1. The summed E-state index contributed by atoms with van der Waals surface area (Å²) >= 11 is 0. The Morgan fingerprint density at radius 3 is 0.809 bits per heavy atom. The van der Waals surface area contributed by atoms with Crippen molar-refractivity contribution in [3.05, 3.63) is 0 Å². The molecule has 3 unspecified atom stereocenters. The second-order valence-corrected chi connectivity index (χ2v) is 30.7. The lowest BCUT2D eigenvalue weighted by atomic mass is 9.99. The van der Waals surface area contributed by atoms with Gasteiger partial charge in [-0.25, -0.2) is 9.13 Å². The molecule has 0 saturated heterocycles. The highest BCUT2D eigenvalue weighted by Crippen LogP contribution is 2.45. The van der Waals surface area contributed by atoms with Gasteiger partial charge in [0.2, 0.25) is 0 Å². The molecule has 3 N–H and O–H groups in total. The van der Waals surface area contributed by atoms with Gasteiger partial charge in [-0.3, -0.25) is 37.3 Å². The Bertz CT molecular complexity index is 1820. The number of carbonyl (C=O) groups excluding carboxylic acids is 4. The fourth-order valence-corrected chi connectivity index (χ4v) is 13.0. The van der Waals surface area contributed by atoms with Crippen LogP contribution in [0.5, 0.6) is 0 Å². The lowest BCUT2D eigenvalue weighted by Gasteiger charge is -2.21. The van der Waals surface area contributed by atoms with Crippen LogP contribution < -0.4 is 0 Å². The third kappa shape index (κ3) is 67.3. The van der Waals surface area contributed by atoms with E-state index in [1.165, 1.54) is 205 Å². The van der Waals surface area contributed by atoms with E-state index in [0.717, 1.165) is 102 Å². The summed E-state index contributed by atoms with van der Waals surface area (Å²) in [6.45, 7) is 9.61. The molecule has 19 heteroatoms. The van der Waals surface area contributed by atoms with Crippen molar-refractivity contribution in [2.45, 2.75) is 407 Å². The minimum Gasteiger partial charge on any atom is -0.462 e. The van der Waals surface area contributed by atoms with Gasteiger partial charge in [0, 0.05) is 25.7 Å². The van der Waals surface area contributed by atoms with Gasteiger partial charge in [0.1, 0.15) is 19.3 Å². The largest absolute Gasteiger partial charge is 0.472 e. The molecule has 0 aromatic carbocycles. The summed E-state index contributed by atoms with van der Waals surface area (Å²) in [4.78, 5) is 72.8. The first kappa shape index (κ1) is 92.1. The van der Waals surface area contributed by atoms with Gasteiger partial charge in [-0.05, 0) is 37.5 Å². The van der Waals surface area contributed by atoms with Gasteiger partial charge in [0.05, 0.1) is 26.4 Å². The number of phosphoric ester groups is 2. The number of carbonyl (C=O) groups is 4. The standard InChI is InChI=1S/C75H146O17P2/c1-7-10-12-14-16-18-20-24-29-33-40-46-52-58-73(78)86-63-70(91-74(79)59-53-47-41-34-30-26-23-21-22-25-28-31-37-43-49-55-67(4)5)65-89-93(81,82)87-61-69(76)62-88-94(83,84)90-66-71(64-85-72(77)57-51-45-39-32-27-19-17-15-13-11-8-2)92-75(80)60-54-48-42-36-35-38-44-50-56-68(6)9-3/h67-71,76H,7-66H2,1-6H3,(H,81,82)(H,83,84)/t68?,69-,70-,71-/m1/s1. The molecule has 0 aromatic heterocycles. The van der Waals surface area contributed by atoms with E-state index in [2.05, 4.69) is 41.5 Å². The highest BCUT2D eigenvalue weighted by atomic mass is 31.2. The van der Waals surface area contributed by atoms with Crippen molar-refractivity contribution in [2.24, 2.45) is 11.8 Å². The second kappa shape index (κ2) is 66.9. The zero-order chi connectivity index (χ0) is 69.3. The minimum atomic E-state index is -4.96. The molecule has 0 bridgehead atoms. The molecule has 94 heavy (non-hydrogen) atoms. The van der Waals surface area contributed by atoms with Crippen LogP contribution in [0.3, 0.4) is 0 Å². The van der Waals surface area contributed by atoms with E-state index >= 15 is 0 Å². The molecular weight excluding hydrogens is 1230 g/mol. The Balaban J connectivity index is 5.24. The number of ether oxygens (including phenoxy) is 4. The van der Waals surface area contributed by atoms with E-state index in [-0.39, 0.29) is 25.7 Å². The molecule has 0 aromatic rings. The highest BCUT2D eigenvalue weighted by molar-refractivity contribution is 7.47. The first-order chi connectivity index (χ1) is 45.4. The number of hydrogen-bond donors (Lipinski definition) is 3. The van der Waals surface area contributed by atoms with Crippen LogP contribution in [0.15, 0.2) is 0 Å². The molecule has 558 valence electrons. The number of unbranched alkanes of at least 4 members (excludes halogenated alkanes) is 43. The lowest BCUT2D eigenvalue weighted by molar-refractivity contribution is -0.161. The first-order valence-electron chi connectivity index (χ1n) is 39.0. The number of phosphoric acid groups is 2. The number of aliphatic hydroxyl groups excluding tert-OH is 1. The van der Waals surface area contributed by atoms with Gasteiger partial charge in [0.25, 0.3) is 0 Å². The van der Waals surface area contributed by atoms with Gasteiger partial charge in [-0.2, -0.15) is 0 Å². The maximum atomic E-state index is 13.1. The second-order valence-electron chi connectivity index (χ2n) is 27.8. The molecule has 0 radical (unpaired) electrons. The van der Waals surface area contributed by atoms with Gasteiger partial charge < -0.3 is 33.8 Å². The van der Waals surface area contributed by atoms with Gasteiger partial charge >= 0.3 is 39.5 Å². The number of hydrogen-bond acceptors (Lipinski definition) is 15. The van der Waals surface area contributed by atoms with E-state index in [1.54, 1.807) is 0 Å². The van der Waals surface area contributed by atoms with Crippen LogP contribution in [0.1, 0.15) is 388 Å². The monoisotopic (exact) mass is 1380 g/mol. The predicted octanol–water partition coefficient (Wildman–Crippen LogP) is 21.9. The van der Waals surface area contributed by atoms with Crippen LogP contribution in [0.25, 0.3) is 0 Å². The SMILES string of the molecule is CCCCCCCCCCCCCCCC(=O)OC[C@H](COP(=O)(O)OC[C@@H](O)COP(=O)(O)OC[C@@H](COC(=O)CCCCCCCCCCCCC)OC(=O)CCCCCCCCCCC(C)CC)OC(=O)CCCCCCCCCCCCCCCCCC(C)C. The van der Waals surface area contributed by atoms with Crippen LogP contribution in [-0.4, -0.2) is 96.7 Å². The third-order valence-electron chi connectivity index (χ3n) is 17.8. The first-order valence-corrected chi connectivity index (χ1v) is 42.0. The molecule has 6 atom stereocenters. The Morgan fingerprint density at radius 1 is 0.309 bits per heavy atom. The van der Waals surface area contributed by atoms with Crippen LogP contribution in [0.4, 0.5) is 0 Å². The highest BCUT2D eigenvalue weighted by Gasteiger charge is 2.30. The molecule has 0 heterocycles. The third-order valence-corrected chi connectivity index (χ3v) is 19.7. The molecule has 17 nitrogen and oxygen atoms in total. The van der Waals surface area contributed by atoms with Crippen LogP contribution in [0, 0.1) is 11.8 Å². The lowest BCUT2D eigenvalue weighted by Crippen LogP contribution is -2.30. The quantitative estimate of drug-likeness (QED) is 0.0222. The molecule has 0 amide bonds. The van der Waals surface area contributed by atoms with Gasteiger partial charge in [-0.1, -0.05) is 337 Å². The predicted molar refractivity (Wildman–Crippen MR) is 381 cm³/mol. The molecule has 0 aliphatic rings. The van der Waals surface area contributed by atoms with Crippen molar-refractivity contribution in [1.29, 1.82) is 0 Å².